The SMILES string of the molecule is CC(=O)Oc1nc(C(C)C)c(OC(C)=O)nc1C(C)C. The van der Waals surface area contributed by atoms with Gasteiger partial charge in [-0.25, -0.2) is 9.97 Å². The van der Waals surface area contributed by atoms with Crippen molar-refractivity contribution in [3.05, 3.63) is 11.4 Å². The molecule has 0 aliphatic heterocycles. The number of hydrogen-bond acceptors (Lipinski definition) is 6. The standard InChI is InChI=1S/C14H20N2O4/c1-7(2)11-13(19-9(5)17)16-12(8(3)4)14(15-11)20-10(6)18/h7-8H,1-6H3. The number of carbonyl (C=O) groups excluding carboxylic acids is 2. The van der Waals surface area contributed by atoms with Gasteiger partial charge in [0.2, 0.25) is 11.8 Å². The minimum atomic E-state index is -0.462. The van der Waals surface area contributed by atoms with E-state index in [4.69, 9.17) is 9.47 Å². The normalized spacial score (nSPS) is 10.8. The first-order chi connectivity index (χ1) is 9.22. The quantitative estimate of drug-likeness (QED) is 0.789. The molecule has 6 heteroatoms. The highest BCUT2D eigenvalue weighted by molar-refractivity contribution is 5.70. The molecule has 0 bridgehead atoms. The second kappa shape index (κ2) is 6.45. The van der Waals surface area contributed by atoms with E-state index in [2.05, 4.69) is 9.97 Å². The molecule has 0 N–H and O–H groups in total. The first kappa shape index (κ1) is 16.1. The zero-order chi connectivity index (χ0) is 15.4. The summed E-state index contributed by atoms with van der Waals surface area (Å²) in [7, 11) is 0. The van der Waals surface area contributed by atoms with Crippen LogP contribution in [-0.4, -0.2) is 21.9 Å². The Morgan fingerprint density at radius 1 is 0.800 bits per heavy atom. The fourth-order valence-corrected chi connectivity index (χ4v) is 1.60. The Morgan fingerprint density at radius 2 is 1.10 bits per heavy atom. The maximum atomic E-state index is 11.2. The number of ether oxygens (including phenoxy) is 2. The summed E-state index contributed by atoms with van der Waals surface area (Å²) in [5.41, 5.74) is 0.974. The summed E-state index contributed by atoms with van der Waals surface area (Å²) in [4.78, 5) is 30.9. The molecule has 0 amide bonds. The van der Waals surface area contributed by atoms with E-state index in [1.807, 2.05) is 27.7 Å². The Labute approximate surface area is 118 Å². The molecule has 0 fully saturated rings. The van der Waals surface area contributed by atoms with Gasteiger partial charge in [0.05, 0.1) is 0 Å². The van der Waals surface area contributed by atoms with E-state index in [-0.39, 0.29) is 23.6 Å². The number of esters is 2. The van der Waals surface area contributed by atoms with Gasteiger partial charge in [-0.3, -0.25) is 9.59 Å². The summed E-state index contributed by atoms with van der Waals surface area (Å²) < 4.78 is 10.2. The predicted octanol–water partition coefficient (Wildman–Crippen LogP) is 2.57. The Bertz CT molecular complexity index is 476. The van der Waals surface area contributed by atoms with Gasteiger partial charge in [0, 0.05) is 25.7 Å². The van der Waals surface area contributed by atoms with Crippen LogP contribution in [0.25, 0.3) is 0 Å². The monoisotopic (exact) mass is 280 g/mol. The summed E-state index contributed by atoms with van der Waals surface area (Å²) in [5.74, 6) is -0.619. The topological polar surface area (TPSA) is 78.4 Å². The lowest BCUT2D eigenvalue weighted by Crippen LogP contribution is -2.14. The van der Waals surface area contributed by atoms with Crippen molar-refractivity contribution in [2.75, 3.05) is 0 Å². The molecular weight excluding hydrogens is 260 g/mol. The fourth-order valence-electron chi connectivity index (χ4n) is 1.60. The van der Waals surface area contributed by atoms with Crippen LogP contribution in [0.1, 0.15) is 64.8 Å². The van der Waals surface area contributed by atoms with Crippen LogP contribution in [-0.2, 0) is 9.59 Å². The fraction of sp³-hybridized carbons (Fsp3) is 0.571. The van der Waals surface area contributed by atoms with E-state index in [0.717, 1.165) is 0 Å². The Balaban J connectivity index is 3.41. The maximum absolute atomic E-state index is 11.2. The average molecular weight is 280 g/mol. The molecule has 110 valence electrons. The van der Waals surface area contributed by atoms with Crippen LogP contribution in [0.5, 0.6) is 11.8 Å². The van der Waals surface area contributed by atoms with Crippen molar-refractivity contribution < 1.29 is 19.1 Å². The van der Waals surface area contributed by atoms with E-state index in [1.54, 1.807) is 0 Å². The van der Waals surface area contributed by atoms with Crippen LogP contribution < -0.4 is 9.47 Å². The molecule has 0 aromatic carbocycles. The third-order valence-electron chi connectivity index (χ3n) is 2.46. The molecule has 0 spiro atoms. The molecule has 20 heavy (non-hydrogen) atoms. The van der Waals surface area contributed by atoms with E-state index in [1.165, 1.54) is 13.8 Å². The summed E-state index contributed by atoms with van der Waals surface area (Å²) in [6, 6.07) is 0. The Hall–Kier alpha value is -1.98. The van der Waals surface area contributed by atoms with Crippen molar-refractivity contribution in [1.29, 1.82) is 0 Å². The third-order valence-corrected chi connectivity index (χ3v) is 2.46. The molecule has 1 aromatic heterocycles. The lowest BCUT2D eigenvalue weighted by molar-refractivity contribution is -0.133. The van der Waals surface area contributed by atoms with E-state index in [9.17, 15) is 9.59 Å². The summed E-state index contributed by atoms with van der Waals surface area (Å²) in [5, 5.41) is 0. The maximum Gasteiger partial charge on any atom is 0.309 e. The third kappa shape index (κ3) is 4.01. The molecule has 0 saturated heterocycles. The number of nitrogens with zero attached hydrogens (tertiary/aromatic N) is 2. The van der Waals surface area contributed by atoms with Crippen LogP contribution in [0.3, 0.4) is 0 Å². The molecule has 0 aliphatic carbocycles. The van der Waals surface area contributed by atoms with Gasteiger partial charge in [-0.15, -0.1) is 0 Å². The Kier molecular flexibility index (Phi) is 5.19. The van der Waals surface area contributed by atoms with Crippen LogP contribution in [0, 0.1) is 0 Å². The van der Waals surface area contributed by atoms with Gasteiger partial charge in [0.15, 0.2) is 0 Å². The van der Waals surface area contributed by atoms with E-state index in [0.29, 0.717) is 11.4 Å². The number of aromatic nitrogens is 2. The van der Waals surface area contributed by atoms with Gasteiger partial charge < -0.3 is 9.47 Å². The molecular formula is C14H20N2O4. The molecule has 0 atom stereocenters. The highest BCUT2D eigenvalue weighted by atomic mass is 16.5. The molecule has 0 unspecified atom stereocenters. The molecule has 0 aliphatic rings. The van der Waals surface area contributed by atoms with Crippen LogP contribution in [0.2, 0.25) is 0 Å². The number of rotatable bonds is 4. The summed E-state index contributed by atoms with van der Waals surface area (Å²) >= 11 is 0. The van der Waals surface area contributed by atoms with Gasteiger partial charge in [0.25, 0.3) is 0 Å². The van der Waals surface area contributed by atoms with Crippen molar-refractivity contribution in [2.45, 2.75) is 53.4 Å². The smallest absolute Gasteiger partial charge is 0.309 e. The predicted molar refractivity (Wildman–Crippen MR) is 72.8 cm³/mol. The van der Waals surface area contributed by atoms with Gasteiger partial charge >= 0.3 is 11.9 Å². The summed E-state index contributed by atoms with van der Waals surface area (Å²) in [6.45, 7) is 10.2. The number of carbonyl (C=O) groups is 2. The van der Waals surface area contributed by atoms with Crippen molar-refractivity contribution >= 4 is 11.9 Å². The lowest BCUT2D eigenvalue weighted by atomic mass is 10.1. The van der Waals surface area contributed by atoms with Crippen LogP contribution in [0.15, 0.2) is 0 Å². The van der Waals surface area contributed by atoms with Gasteiger partial charge in [0.1, 0.15) is 11.4 Å². The largest absolute Gasteiger partial charge is 0.406 e. The second-order valence-electron chi connectivity index (χ2n) is 5.10. The van der Waals surface area contributed by atoms with Crippen molar-refractivity contribution in [1.82, 2.24) is 9.97 Å². The first-order valence-corrected chi connectivity index (χ1v) is 6.51. The molecule has 0 radical (unpaired) electrons. The van der Waals surface area contributed by atoms with Gasteiger partial charge in [-0.05, 0) is 0 Å². The van der Waals surface area contributed by atoms with Gasteiger partial charge in [-0.2, -0.15) is 0 Å². The van der Waals surface area contributed by atoms with Gasteiger partial charge in [-0.1, -0.05) is 27.7 Å². The highest BCUT2D eigenvalue weighted by Crippen LogP contribution is 2.31. The molecule has 1 aromatic rings. The molecule has 6 nitrogen and oxygen atoms in total. The first-order valence-electron chi connectivity index (χ1n) is 6.51. The molecule has 1 rings (SSSR count). The lowest BCUT2D eigenvalue weighted by Gasteiger charge is -2.16. The van der Waals surface area contributed by atoms with Crippen LogP contribution >= 0.6 is 0 Å². The van der Waals surface area contributed by atoms with Crippen molar-refractivity contribution in [3.8, 4) is 11.8 Å². The highest BCUT2D eigenvalue weighted by Gasteiger charge is 2.22. The molecule has 1 heterocycles. The minimum absolute atomic E-state index is 0.0210. The average Bonchev–Trinajstić information content (AvgIpc) is 2.28. The van der Waals surface area contributed by atoms with Crippen molar-refractivity contribution in [3.63, 3.8) is 0 Å². The van der Waals surface area contributed by atoms with E-state index >= 15 is 0 Å². The zero-order valence-corrected chi connectivity index (χ0v) is 12.7. The molecule has 0 saturated carbocycles. The Morgan fingerprint density at radius 3 is 1.30 bits per heavy atom. The van der Waals surface area contributed by atoms with E-state index < -0.39 is 11.9 Å². The zero-order valence-electron chi connectivity index (χ0n) is 12.7. The minimum Gasteiger partial charge on any atom is -0.406 e. The summed E-state index contributed by atoms with van der Waals surface area (Å²) in [6.07, 6.45) is 0. The van der Waals surface area contributed by atoms with Crippen molar-refractivity contribution in [2.24, 2.45) is 0 Å². The second-order valence-corrected chi connectivity index (χ2v) is 5.10. The number of hydrogen-bond donors (Lipinski definition) is 0. The van der Waals surface area contributed by atoms with Crippen LogP contribution in [0.4, 0.5) is 0 Å².